The second kappa shape index (κ2) is 4.29. The third-order valence-electron chi connectivity index (χ3n) is 4.32. The Morgan fingerprint density at radius 2 is 2.09 bits per heavy atom. The first-order valence-corrected chi connectivity index (χ1v) is 6.96. The molecule has 4 bridgehead atoms. The van der Waals surface area contributed by atoms with Crippen molar-refractivity contribution in [2.24, 2.45) is 28.9 Å². The summed E-state index contributed by atoms with van der Waals surface area (Å²) in [5.41, 5.74) is -3.03. The number of nitrogens with zero attached hydrogens (tertiary/aromatic N) is 2. The van der Waals surface area contributed by atoms with Crippen LogP contribution >= 0.6 is 0 Å². The third kappa shape index (κ3) is 1.88. The maximum absolute atomic E-state index is 14.2. The summed E-state index contributed by atoms with van der Waals surface area (Å²) in [4.78, 5) is 14.2. The summed E-state index contributed by atoms with van der Waals surface area (Å²) in [5, 5.41) is 21.4. The van der Waals surface area contributed by atoms with E-state index in [4.69, 9.17) is 31.8 Å². The molecule has 1 aliphatic heterocycles. The van der Waals surface area contributed by atoms with Crippen molar-refractivity contribution in [3.05, 3.63) is 0 Å². The molecule has 5 nitrogen and oxygen atoms in total. The summed E-state index contributed by atoms with van der Waals surface area (Å²) in [7, 11) is 0. The summed E-state index contributed by atoms with van der Waals surface area (Å²) in [6.07, 6.45) is -31.9. The molecule has 3 N–H and O–H groups in total. The van der Waals surface area contributed by atoms with Crippen molar-refractivity contribution < 1.29 is 35.9 Å². The van der Waals surface area contributed by atoms with Crippen LogP contribution in [0.5, 0.6) is 0 Å². The van der Waals surface area contributed by atoms with Gasteiger partial charge < -0.3 is 15.7 Å². The number of aliphatic hydroxyl groups is 1. The summed E-state index contributed by atoms with van der Waals surface area (Å²) < 4.78 is 163. The summed E-state index contributed by atoms with van der Waals surface area (Å²) in [5.74, 6) is -12.6. The van der Waals surface area contributed by atoms with E-state index in [1.54, 1.807) is 0 Å². The fourth-order valence-electron chi connectivity index (χ4n) is 3.27. The average Bonchev–Trinajstić information content (AvgIpc) is 3.27. The highest BCUT2D eigenvalue weighted by Crippen LogP contribution is 2.63. The van der Waals surface area contributed by atoms with E-state index in [1.807, 2.05) is 0 Å². The van der Waals surface area contributed by atoms with Gasteiger partial charge in [0.25, 0.3) is 0 Å². The van der Waals surface area contributed by atoms with E-state index in [9.17, 15) is 15.2 Å². The zero-order chi connectivity index (χ0) is 33.1. The van der Waals surface area contributed by atoms with Crippen molar-refractivity contribution in [2.45, 2.75) is 74.7 Å². The monoisotopic (exact) mass is 334 g/mol. The first kappa shape index (κ1) is 4.74. The maximum atomic E-state index is 14.2. The van der Waals surface area contributed by atoms with Crippen molar-refractivity contribution >= 4 is 5.91 Å². The number of nitriles is 1. The van der Waals surface area contributed by atoms with Crippen LogP contribution in [0.25, 0.3) is 0 Å². The molecule has 0 spiro atoms. The van der Waals surface area contributed by atoms with Gasteiger partial charge in [-0.1, -0.05) is 0 Å². The normalized spacial score (nSPS) is 91.3. The Morgan fingerprint density at radius 3 is 2.74 bits per heavy atom. The molecule has 1 saturated heterocycles. The number of piperidine rings is 1. The number of fused-ring (bicyclic) bond motifs is 1. The molecule has 1 heterocycles. The fourth-order valence-corrected chi connectivity index (χ4v) is 3.27. The number of nitrogens with two attached hydrogens (primary N) is 1. The molecule has 1 amide bonds. The summed E-state index contributed by atoms with van der Waals surface area (Å²) in [6.45, 7) is 0. The topological polar surface area (TPSA) is 90.3 Å². The molecule has 23 heavy (non-hydrogen) atoms. The maximum Gasteiger partial charge on any atom is 0.241 e. The summed E-state index contributed by atoms with van der Waals surface area (Å²) >= 11 is 0. The molecule has 0 radical (unpaired) electrons. The highest BCUT2D eigenvalue weighted by Gasteiger charge is 2.62. The molecular weight excluding hydrogens is 290 g/mol. The van der Waals surface area contributed by atoms with E-state index in [0.717, 1.165) is 0 Å². The van der Waals surface area contributed by atoms with Crippen LogP contribution in [0.1, 0.15) is 77.0 Å². The molecule has 6 rings (SSSR count). The van der Waals surface area contributed by atoms with Crippen LogP contribution in [0.2, 0.25) is 0 Å². The molecule has 0 aromatic heterocycles. The number of hydrogen-bond acceptors (Lipinski definition) is 4. The number of hydrogen-bond donors (Lipinski definition) is 2. The van der Waals surface area contributed by atoms with Gasteiger partial charge in [-0.25, -0.2) is 0 Å². The second-order valence-electron chi connectivity index (χ2n) is 5.87. The van der Waals surface area contributed by atoms with Crippen LogP contribution in [-0.4, -0.2) is 39.6 Å². The van der Waals surface area contributed by atoms with Crippen LogP contribution in [0, 0.1) is 34.5 Å². The molecule has 6 aliphatic rings. The molecule has 6 atom stereocenters. The molecule has 0 aromatic rings. The van der Waals surface area contributed by atoms with Gasteiger partial charge in [0.1, 0.15) is 6.04 Å². The van der Waals surface area contributed by atoms with E-state index in [-0.39, 0.29) is 4.90 Å². The highest BCUT2D eigenvalue weighted by atomic mass is 16.3. The van der Waals surface area contributed by atoms with Crippen molar-refractivity contribution in [1.82, 2.24) is 4.90 Å². The minimum atomic E-state index is -4.57. The first-order valence-electron chi connectivity index (χ1n) is 16.5. The van der Waals surface area contributed by atoms with Crippen molar-refractivity contribution in [1.29, 1.82) is 5.26 Å². The smallest absolute Gasteiger partial charge is 0.241 e. The Labute approximate surface area is 163 Å². The summed E-state index contributed by atoms with van der Waals surface area (Å²) in [6, 6.07) is -7.06. The van der Waals surface area contributed by atoms with Crippen molar-refractivity contribution in [2.75, 3.05) is 0 Å². The number of carbonyl (C=O) groups excluding carboxylic acids is 1. The minimum Gasteiger partial charge on any atom is -0.390 e. The van der Waals surface area contributed by atoms with Gasteiger partial charge in [0.05, 0.1) is 19.1 Å². The van der Waals surface area contributed by atoms with Gasteiger partial charge in [0.2, 0.25) is 5.91 Å². The zero-order valence-corrected chi connectivity index (χ0v) is 11.6. The molecule has 5 heteroatoms. The number of amides is 1. The predicted molar refractivity (Wildman–Crippen MR) is 82.8 cm³/mol. The number of likely N-dealkylation sites (tertiary alicyclic amines) is 1. The van der Waals surface area contributed by atoms with E-state index in [1.165, 1.54) is 6.07 Å². The van der Waals surface area contributed by atoms with E-state index < -0.39 is 104 Å². The minimum absolute atomic E-state index is 0.0771. The Kier molecular flexibility index (Phi) is 0.882. The number of carbonyl (C=O) groups is 1. The van der Waals surface area contributed by atoms with Crippen molar-refractivity contribution in [3.63, 3.8) is 0 Å². The number of rotatable bonds is 2. The van der Waals surface area contributed by atoms with E-state index >= 15 is 0 Å². The van der Waals surface area contributed by atoms with Crippen LogP contribution in [-0.2, 0) is 4.79 Å². The zero-order valence-electron chi connectivity index (χ0n) is 30.6. The van der Waals surface area contributed by atoms with E-state index in [0.29, 0.717) is 0 Å². The Hall–Kier alpha value is -1.12. The predicted octanol–water partition coefficient (Wildman–Crippen LogP) is 1.16. The van der Waals surface area contributed by atoms with Gasteiger partial charge in [-0.05, 0) is 74.1 Å². The lowest BCUT2D eigenvalue weighted by Gasteiger charge is -2.61. The molecule has 5 saturated carbocycles. The highest BCUT2D eigenvalue weighted by molar-refractivity contribution is 5.84. The third-order valence-corrected chi connectivity index (χ3v) is 4.32. The van der Waals surface area contributed by atoms with Gasteiger partial charge >= 0.3 is 0 Å². The van der Waals surface area contributed by atoms with Gasteiger partial charge in [-0.15, -0.1) is 0 Å². The first-order chi connectivity index (χ1) is 18.2. The standard InChI is InChI=1S/C18H25N3O2/c19-8-13-2-12-3-14(12)21(13)16(22)15(20)17-4-10-1-11(5-17)7-18(23,6-10)9-17/h10-15,23H,1-7,9,20H2/t10?,11?,12-,13+,14+,15+,17?,18?/m1/s1/i1D2,2D2,3D2,4D2,5D2,6D2,7D2,9D2,10D,11D,15D. The van der Waals surface area contributed by atoms with Crippen LogP contribution in [0.3, 0.4) is 0 Å². The lowest BCUT2D eigenvalue weighted by Crippen LogP contribution is -2.64. The average molecular weight is 335 g/mol. The molecule has 2 unspecified atom stereocenters. The second-order valence-corrected chi connectivity index (χ2v) is 5.87. The quantitative estimate of drug-likeness (QED) is 0.793. The largest absolute Gasteiger partial charge is 0.390 e. The van der Waals surface area contributed by atoms with Crippen LogP contribution in [0.15, 0.2) is 0 Å². The van der Waals surface area contributed by atoms with E-state index in [2.05, 4.69) is 0 Å². The molecular formula is C18H25N3O2. The lowest BCUT2D eigenvalue weighted by molar-refractivity contribution is -0.177. The Morgan fingerprint density at radius 1 is 1.39 bits per heavy atom. The SMILES string of the molecule is [2H]C1([2H])[C@H]2[C@@H](N(C(=O)[C@]([2H])(N)C34C([2H])([2H])C5([2H])C([2H])([2H])C([2H])(C([2H])([2H])C(O)(C5([2H])[2H])C3([2H])[2H])C4([2H])[2H])[C@@H]1C#N)C2([2H])[2H]. The van der Waals surface area contributed by atoms with Gasteiger partial charge in [-0.2, -0.15) is 5.26 Å². The van der Waals surface area contributed by atoms with Gasteiger partial charge in [0, 0.05) is 30.7 Å². The van der Waals surface area contributed by atoms with Gasteiger partial charge in [-0.3, -0.25) is 4.79 Å². The molecule has 0 aromatic carbocycles. The van der Waals surface area contributed by atoms with Gasteiger partial charge in [0.15, 0.2) is 0 Å². The van der Waals surface area contributed by atoms with Crippen LogP contribution < -0.4 is 5.73 Å². The molecule has 6 fully saturated rings. The molecule has 124 valence electrons. The van der Waals surface area contributed by atoms with Crippen LogP contribution in [0.4, 0.5) is 0 Å². The fraction of sp³-hybridized carbons (Fsp3) is 0.889. The Balaban J connectivity index is 1.93. The lowest BCUT2D eigenvalue weighted by atomic mass is 9.46. The molecule has 5 aliphatic carbocycles. The Bertz CT molecular complexity index is 1260. The van der Waals surface area contributed by atoms with Crippen molar-refractivity contribution in [3.8, 4) is 6.07 Å².